The summed E-state index contributed by atoms with van der Waals surface area (Å²) in [5.41, 5.74) is 2.12. The number of amides is 1. The number of furan rings is 1. The number of carbonyl (C=O) groups excluding carboxylic acids is 1. The molecule has 33 heavy (non-hydrogen) atoms. The molecule has 0 radical (unpaired) electrons. The minimum absolute atomic E-state index is 0.00161. The van der Waals surface area contributed by atoms with E-state index >= 15 is 0 Å². The second-order valence-electron chi connectivity index (χ2n) is 7.93. The average Bonchev–Trinajstić information content (AvgIpc) is 3.30. The number of carbonyl (C=O) groups is 1. The number of nitro benzene ring substituents is 1. The molecular weight excluding hydrogens is 440 g/mol. The van der Waals surface area contributed by atoms with Gasteiger partial charge in [-0.1, -0.05) is 12.1 Å². The van der Waals surface area contributed by atoms with Crippen molar-refractivity contribution in [3.05, 3.63) is 76.5 Å². The van der Waals surface area contributed by atoms with Gasteiger partial charge < -0.3 is 14.6 Å². The average molecular weight is 465 g/mol. The molecule has 2 N–H and O–H groups in total. The van der Waals surface area contributed by atoms with Crippen molar-refractivity contribution in [1.29, 1.82) is 0 Å². The van der Waals surface area contributed by atoms with E-state index in [2.05, 4.69) is 22.5 Å². The van der Waals surface area contributed by atoms with Gasteiger partial charge in [-0.2, -0.15) is 0 Å². The molecule has 1 amide bonds. The standard InChI is InChI=1S/C24H24N4O4S/c1-16-6-4-5-15-27(16)18-11-9-17(10-12-18)25-24(33)26-23(29)22-14-13-21(32-22)19-7-2-3-8-20(19)28(30)31/h2-3,7-14,16H,4-6,15H2,1H3,(H2,25,26,29,33)/t16-/m1/s1. The lowest BCUT2D eigenvalue weighted by Crippen LogP contribution is -2.37. The first-order chi connectivity index (χ1) is 15.9. The topological polar surface area (TPSA) is 101 Å². The first kappa shape index (κ1) is 22.5. The molecule has 0 spiro atoms. The van der Waals surface area contributed by atoms with Crippen LogP contribution in [0.4, 0.5) is 17.1 Å². The predicted octanol–water partition coefficient (Wildman–Crippen LogP) is 5.36. The van der Waals surface area contributed by atoms with Crippen molar-refractivity contribution in [2.24, 2.45) is 0 Å². The minimum Gasteiger partial charge on any atom is -0.451 e. The van der Waals surface area contributed by atoms with E-state index in [0.717, 1.165) is 12.2 Å². The molecule has 2 aromatic carbocycles. The largest absolute Gasteiger partial charge is 0.451 e. The maximum atomic E-state index is 12.5. The van der Waals surface area contributed by atoms with Gasteiger partial charge in [-0.3, -0.25) is 20.2 Å². The smallest absolute Gasteiger partial charge is 0.293 e. The van der Waals surface area contributed by atoms with Gasteiger partial charge in [0.05, 0.1) is 10.5 Å². The summed E-state index contributed by atoms with van der Waals surface area (Å²) in [5.74, 6) is -0.313. The van der Waals surface area contributed by atoms with Crippen molar-refractivity contribution in [1.82, 2.24) is 5.32 Å². The maximum absolute atomic E-state index is 12.5. The van der Waals surface area contributed by atoms with Crippen LogP contribution in [0, 0.1) is 10.1 Å². The summed E-state index contributed by atoms with van der Waals surface area (Å²) >= 11 is 5.26. The van der Waals surface area contributed by atoms with Gasteiger partial charge in [-0.15, -0.1) is 0 Å². The van der Waals surface area contributed by atoms with Crippen molar-refractivity contribution in [3.8, 4) is 11.3 Å². The Hall–Kier alpha value is -3.72. The number of nitrogens with zero attached hydrogens (tertiary/aromatic N) is 2. The Morgan fingerprint density at radius 2 is 1.88 bits per heavy atom. The monoisotopic (exact) mass is 464 g/mol. The SMILES string of the molecule is C[C@@H]1CCCCN1c1ccc(NC(=S)NC(=O)c2ccc(-c3ccccc3[N+](=O)[O-])o2)cc1. The number of nitro groups is 1. The van der Waals surface area contributed by atoms with Crippen LogP contribution in [-0.2, 0) is 0 Å². The first-order valence-corrected chi connectivity index (χ1v) is 11.2. The summed E-state index contributed by atoms with van der Waals surface area (Å²) in [6.07, 6.45) is 3.67. The molecule has 8 nitrogen and oxygen atoms in total. The minimum atomic E-state index is -0.545. The van der Waals surface area contributed by atoms with E-state index in [-0.39, 0.29) is 22.3 Å². The summed E-state index contributed by atoms with van der Waals surface area (Å²) in [4.78, 5) is 25.7. The van der Waals surface area contributed by atoms with Gasteiger partial charge in [0.25, 0.3) is 11.6 Å². The highest BCUT2D eigenvalue weighted by atomic mass is 32.1. The molecule has 2 heterocycles. The molecule has 0 aliphatic carbocycles. The third-order valence-electron chi connectivity index (χ3n) is 5.68. The molecular formula is C24H24N4O4S. The van der Waals surface area contributed by atoms with Crippen LogP contribution < -0.4 is 15.5 Å². The molecule has 1 aliphatic heterocycles. The van der Waals surface area contributed by atoms with E-state index in [0.29, 0.717) is 11.6 Å². The lowest BCUT2D eigenvalue weighted by atomic mass is 10.0. The van der Waals surface area contributed by atoms with Crippen molar-refractivity contribution in [3.63, 3.8) is 0 Å². The lowest BCUT2D eigenvalue weighted by molar-refractivity contribution is -0.384. The second-order valence-corrected chi connectivity index (χ2v) is 8.34. The molecule has 0 bridgehead atoms. The van der Waals surface area contributed by atoms with Crippen molar-refractivity contribution in [2.75, 3.05) is 16.8 Å². The first-order valence-electron chi connectivity index (χ1n) is 10.7. The van der Waals surface area contributed by atoms with Crippen LogP contribution in [0.3, 0.4) is 0 Å². The van der Waals surface area contributed by atoms with Crippen LogP contribution in [0.15, 0.2) is 65.1 Å². The number of benzene rings is 2. The van der Waals surface area contributed by atoms with Gasteiger partial charge in [0, 0.05) is 30.0 Å². The molecule has 170 valence electrons. The van der Waals surface area contributed by atoms with Gasteiger partial charge in [-0.25, -0.2) is 0 Å². The summed E-state index contributed by atoms with van der Waals surface area (Å²) in [5, 5.41) is 16.9. The highest BCUT2D eigenvalue weighted by Gasteiger charge is 2.20. The number of hydrogen-bond acceptors (Lipinski definition) is 6. The van der Waals surface area contributed by atoms with E-state index in [1.54, 1.807) is 18.2 Å². The van der Waals surface area contributed by atoms with Crippen LogP contribution in [0.1, 0.15) is 36.7 Å². The van der Waals surface area contributed by atoms with E-state index in [1.165, 1.54) is 43.1 Å². The van der Waals surface area contributed by atoms with Crippen molar-refractivity contribution in [2.45, 2.75) is 32.2 Å². The van der Waals surface area contributed by atoms with Crippen LogP contribution >= 0.6 is 12.2 Å². The zero-order chi connectivity index (χ0) is 23.4. The molecule has 1 saturated heterocycles. The Morgan fingerprint density at radius 3 is 2.61 bits per heavy atom. The lowest BCUT2D eigenvalue weighted by Gasteiger charge is -2.35. The zero-order valence-electron chi connectivity index (χ0n) is 18.1. The molecule has 1 aromatic heterocycles. The fourth-order valence-corrected chi connectivity index (χ4v) is 4.20. The molecule has 4 rings (SSSR count). The van der Waals surface area contributed by atoms with Crippen molar-refractivity contribution < 1.29 is 14.1 Å². The van der Waals surface area contributed by atoms with Gasteiger partial charge >= 0.3 is 0 Å². The summed E-state index contributed by atoms with van der Waals surface area (Å²) in [7, 11) is 0. The van der Waals surface area contributed by atoms with Crippen molar-refractivity contribution >= 4 is 40.3 Å². The van der Waals surface area contributed by atoms with Crippen LogP contribution in [0.5, 0.6) is 0 Å². The van der Waals surface area contributed by atoms with Gasteiger partial charge in [0.15, 0.2) is 10.9 Å². The highest BCUT2D eigenvalue weighted by Crippen LogP contribution is 2.31. The predicted molar refractivity (Wildman–Crippen MR) is 132 cm³/mol. The fourth-order valence-electron chi connectivity index (χ4n) is 3.99. The molecule has 0 saturated carbocycles. The molecule has 3 aromatic rings. The normalized spacial score (nSPS) is 15.7. The Kier molecular flexibility index (Phi) is 6.69. The molecule has 1 atom stereocenters. The molecule has 1 fully saturated rings. The number of piperidine rings is 1. The third kappa shape index (κ3) is 5.20. The summed E-state index contributed by atoms with van der Waals surface area (Å²) in [6, 6.07) is 17.6. The molecule has 1 aliphatic rings. The number of para-hydroxylation sites is 1. The quantitative estimate of drug-likeness (QED) is 0.298. The number of anilines is 2. The van der Waals surface area contributed by atoms with E-state index < -0.39 is 10.8 Å². The number of thiocarbonyl (C=S) groups is 1. The van der Waals surface area contributed by atoms with Gasteiger partial charge in [-0.05, 0) is 80.9 Å². The molecule has 9 heteroatoms. The maximum Gasteiger partial charge on any atom is 0.293 e. The summed E-state index contributed by atoms with van der Waals surface area (Å²) < 4.78 is 5.56. The van der Waals surface area contributed by atoms with Gasteiger partial charge in [0.2, 0.25) is 0 Å². The zero-order valence-corrected chi connectivity index (χ0v) is 18.9. The third-order valence-corrected chi connectivity index (χ3v) is 5.89. The van der Waals surface area contributed by atoms with Crippen LogP contribution in [0.25, 0.3) is 11.3 Å². The van der Waals surface area contributed by atoms with E-state index in [1.807, 2.05) is 24.3 Å². The molecule has 0 unspecified atom stereocenters. The Morgan fingerprint density at radius 1 is 1.12 bits per heavy atom. The Bertz CT molecular complexity index is 1180. The van der Waals surface area contributed by atoms with E-state index in [4.69, 9.17) is 16.6 Å². The van der Waals surface area contributed by atoms with E-state index in [9.17, 15) is 14.9 Å². The number of nitrogens with one attached hydrogen (secondary N) is 2. The Balaban J connectivity index is 1.38. The second kappa shape index (κ2) is 9.83. The van der Waals surface area contributed by atoms with Crippen LogP contribution in [0.2, 0.25) is 0 Å². The van der Waals surface area contributed by atoms with Crippen LogP contribution in [-0.4, -0.2) is 28.5 Å². The fraction of sp³-hybridized carbons (Fsp3) is 0.250. The highest BCUT2D eigenvalue weighted by molar-refractivity contribution is 7.80. The Labute approximate surface area is 196 Å². The van der Waals surface area contributed by atoms with Gasteiger partial charge in [0.1, 0.15) is 5.76 Å². The summed E-state index contributed by atoms with van der Waals surface area (Å²) in [6.45, 7) is 3.30. The number of rotatable bonds is 5. The number of hydrogen-bond donors (Lipinski definition) is 2.